The van der Waals surface area contributed by atoms with Crippen molar-refractivity contribution in [3.63, 3.8) is 0 Å². The molecule has 1 saturated heterocycles. The molecule has 0 unspecified atom stereocenters. The lowest BCUT2D eigenvalue weighted by Crippen LogP contribution is -2.25. The van der Waals surface area contributed by atoms with Crippen LogP contribution in [-0.2, 0) is 6.54 Å². The Balaban J connectivity index is 1.25. The summed E-state index contributed by atoms with van der Waals surface area (Å²) >= 11 is 0. The minimum atomic E-state index is 0.438. The third kappa shape index (κ3) is 5.80. The fourth-order valence-electron chi connectivity index (χ4n) is 5.82. The Bertz CT molecular complexity index is 1730. The van der Waals surface area contributed by atoms with Gasteiger partial charge in [-0.25, -0.2) is 0 Å². The number of hydrogen-bond acceptors (Lipinski definition) is 8. The third-order valence-electron chi connectivity index (χ3n) is 8.03. The van der Waals surface area contributed by atoms with Crippen molar-refractivity contribution < 1.29 is 14.2 Å². The van der Waals surface area contributed by atoms with Crippen LogP contribution in [0.2, 0.25) is 0 Å². The predicted molar refractivity (Wildman–Crippen MR) is 170 cm³/mol. The number of ether oxygens (including phenoxy) is 3. The first-order valence-corrected chi connectivity index (χ1v) is 14.5. The molecular weight excluding hydrogens is 538 g/mol. The molecule has 1 fully saturated rings. The molecule has 2 aliphatic rings. The fourth-order valence-corrected chi connectivity index (χ4v) is 5.82. The molecule has 0 radical (unpaired) electrons. The maximum absolute atomic E-state index is 9.89. The molecule has 0 bridgehead atoms. The normalized spacial score (nSPS) is 14.4. The highest BCUT2D eigenvalue weighted by Gasteiger charge is 2.17. The first kappa shape index (κ1) is 28.0. The van der Waals surface area contributed by atoms with Gasteiger partial charge in [0, 0.05) is 67.5 Å². The van der Waals surface area contributed by atoms with Crippen LogP contribution in [0.4, 0.5) is 11.4 Å². The molecule has 1 aromatic heterocycles. The van der Waals surface area contributed by atoms with Crippen molar-refractivity contribution in [1.29, 1.82) is 5.26 Å². The van der Waals surface area contributed by atoms with E-state index in [2.05, 4.69) is 80.9 Å². The highest BCUT2D eigenvalue weighted by molar-refractivity contribution is 5.98. The van der Waals surface area contributed by atoms with E-state index >= 15 is 0 Å². The minimum Gasteiger partial charge on any atom is -0.493 e. The number of methoxy groups -OCH3 is 3. The first-order valence-electron chi connectivity index (χ1n) is 14.5. The van der Waals surface area contributed by atoms with Crippen LogP contribution < -0.4 is 19.5 Å². The summed E-state index contributed by atoms with van der Waals surface area (Å²) in [5, 5.41) is 14.1. The maximum atomic E-state index is 9.89. The van der Waals surface area contributed by atoms with Gasteiger partial charge in [-0.2, -0.15) is 5.26 Å². The monoisotopic (exact) mass is 573 g/mol. The molecular formula is C35H35N5O3. The van der Waals surface area contributed by atoms with Crippen molar-refractivity contribution >= 4 is 22.3 Å². The molecule has 43 heavy (non-hydrogen) atoms. The van der Waals surface area contributed by atoms with Crippen molar-refractivity contribution in [3.8, 4) is 34.4 Å². The van der Waals surface area contributed by atoms with Crippen LogP contribution in [0.25, 0.3) is 22.0 Å². The van der Waals surface area contributed by atoms with E-state index in [1.54, 1.807) is 27.5 Å². The molecule has 4 aromatic rings. The minimum absolute atomic E-state index is 0.438. The Hall–Kier alpha value is -5.16. The molecule has 0 aliphatic carbocycles. The number of rotatable bonds is 9. The van der Waals surface area contributed by atoms with Gasteiger partial charge in [0.1, 0.15) is 6.07 Å². The number of aromatic nitrogens is 1. The number of nitrogens with zero attached hydrogens (tertiary/aromatic N) is 4. The zero-order valence-electron chi connectivity index (χ0n) is 24.8. The zero-order valence-corrected chi connectivity index (χ0v) is 24.8. The van der Waals surface area contributed by atoms with Gasteiger partial charge < -0.3 is 29.3 Å². The van der Waals surface area contributed by atoms with Gasteiger partial charge in [-0.05, 0) is 53.8 Å². The van der Waals surface area contributed by atoms with Crippen LogP contribution in [0.3, 0.4) is 0 Å². The van der Waals surface area contributed by atoms with Crippen LogP contribution in [-0.4, -0.2) is 55.7 Å². The summed E-state index contributed by atoms with van der Waals surface area (Å²) in [4.78, 5) is 9.45. The molecule has 3 aromatic carbocycles. The van der Waals surface area contributed by atoms with E-state index in [1.165, 1.54) is 37.2 Å². The Labute approximate surface area is 252 Å². The van der Waals surface area contributed by atoms with Gasteiger partial charge in [0.05, 0.1) is 38.1 Å². The average molecular weight is 574 g/mol. The summed E-state index contributed by atoms with van der Waals surface area (Å²) in [6.07, 6.45) is 11.0. The number of pyridine rings is 1. The molecule has 2 aliphatic heterocycles. The number of nitrogens with one attached hydrogen (secondary N) is 1. The fraction of sp³-hybridized carbons (Fsp3) is 0.257. The highest BCUT2D eigenvalue weighted by Crippen LogP contribution is 2.41. The van der Waals surface area contributed by atoms with Gasteiger partial charge in [-0.3, -0.25) is 4.98 Å². The molecule has 218 valence electrons. The number of allylic oxidation sites excluding steroid dienone is 1. The second-order valence-corrected chi connectivity index (χ2v) is 10.7. The zero-order chi connectivity index (χ0) is 29.8. The molecule has 3 heterocycles. The molecule has 0 atom stereocenters. The van der Waals surface area contributed by atoms with E-state index < -0.39 is 0 Å². The topological polar surface area (TPSA) is 82.9 Å². The third-order valence-corrected chi connectivity index (χ3v) is 8.03. The molecule has 8 heteroatoms. The van der Waals surface area contributed by atoms with Gasteiger partial charge >= 0.3 is 0 Å². The van der Waals surface area contributed by atoms with Crippen molar-refractivity contribution in [1.82, 2.24) is 14.8 Å². The van der Waals surface area contributed by atoms with Crippen molar-refractivity contribution in [2.45, 2.75) is 19.4 Å². The Morgan fingerprint density at radius 1 is 0.930 bits per heavy atom. The van der Waals surface area contributed by atoms with E-state index in [0.29, 0.717) is 34.2 Å². The van der Waals surface area contributed by atoms with Crippen LogP contribution in [0, 0.1) is 11.3 Å². The van der Waals surface area contributed by atoms with Gasteiger partial charge in [-0.1, -0.05) is 30.3 Å². The smallest absolute Gasteiger partial charge is 0.203 e. The lowest BCUT2D eigenvalue weighted by molar-refractivity contribution is 0.324. The standard InChI is InChI=1S/C35H35N5O3/c1-41-32-19-28(20-33(42-2)35(32)43-3)38-34-27(21-36)22-37-31-18-26(9-10-30(31)34)25-8-6-7-24(17-25)23-39-15-11-29(12-16-39)40-13-4-5-14-40/h6-12,15,17-20,22H,4-5,13-14,16,23H2,1-3H3,(H,37,38). The summed E-state index contributed by atoms with van der Waals surface area (Å²) in [5.41, 5.74) is 7.38. The number of nitriles is 1. The van der Waals surface area contributed by atoms with E-state index in [0.717, 1.165) is 35.1 Å². The summed E-state index contributed by atoms with van der Waals surface area (Å²) in [5.74, 6) is 1.54. The Morgan fingerprint density at radius 3 is 2.37 bits per heavy atom. The van der Waals surface area contributed by atoms with Gasteiger partial charge in [0.2, 0.25) is 5.75 Å². The quantitative estimate of drug-likeness (QED) is 0.233. The molecule has 1 N–H and O–H groups in total. The summed E-state index contributed by atoms with van der Waals surface area (Å²) in [7, 11) is 4.72. The van der Waals surface area contributed by atoms with Crippen molar-refractivity contribution in [2.75, 3.05) is 46.3 Å². The SMILES string of the molecule is COc1cc(Nc2c(C#N)cnc3cc(-c4cccc(CN5C=CC(N6CCCC6)=CC5)c4)ccc23)cc(OC)c1OC. The number of likely N-dealkylation sites (tertiary alicyclic amines) is 1. The van der Waals surface area contributed by atoms with Crippen LogP contribution in [0.5, 0.6) is 17.2 Å². The summed E-state index contributed by atoms with van der Waals surface area (Å²) in [6.45, 7) is 4.09. The van der Waals surface area contributed by atoms with E-state index in [4.69, 9.17) is 14.2 Å². The lowest BCUT2D eigenvalue weighted by Gasteiger charge is -2.27. The summed E-state index contributed by atoms with van der Waals surface area (Å²) in [6, 6.07) is 20.7. The predicted octanol–water partition coefficient (Wildman–Crippen LogP) is 6.85. The number of fused-ring (bicyclic) bond motifs is 1. The van der Waals surface area contributed by atoms with Crippen LogP contribution in [0.1, 0.15) is 24.0 Å². The second kappa shape index (κ2) is 12.4. The average Bonchev–Trinajstić information content (AvgIpc) is 3.60. The van der Waals surface area contributed by atoms with Gasteiger partial charge in [0.15, 0.2) is 11.5 Å². The van der Waals surface area contributed by atoms with E-state index in [9.17, 15) is 5.26 Å². The molecule has 8 nitrogen and oxygen atoms in total. The number of anilines is 2. The number of benzene rings is 3. The summed E-state index contributed by atoms with van der Waals surface area (Å²) < 4.78 is 16.5. The van der Waals surface area contributed by atoms with E-state index in [-0.39, 0.29) is 0 Å². The first-order chi connectivity index (χ1) is 21.1. The van der Waals surface area contributed by atoms with Crippen molar-refractivity contribution in [3.05, 3.63) is 96.0 Å². The van der Waals surface area contributed by atoms with Crippen LogP contribution in [0.15, 0.2) is 84.8 Å². The Morgan fingerprint density at radius 2 is 1.70 bits per heavy atom. The highest BCUT2D eigenvalue weighted by atomic mass is 16.5. The maximum Gasteiger partial charge on any atom is 0.203 e. The lowest BCUT2D eigenvalue weighted by atomic mass is 10.00. The molecule has 6 rings (SSSR count). The second-order valence-electron chi connectivity index (χ2n) is 10.7. The van der Waals surface area contributed by atoms with Crippen molar-refractivity contribution in [2.24, 2.45) is 0 Å². The van der Waals surface area contributed by atoms with Crippen LogP contribution >= 0.6 is 0 Å². The van der Waals surface area contributed by atoms with Gasteiger partial charge in [0.25, 0.3) is 0 Å². The number of hydrogen-bond donors (Lipinski definition) is 1. The van der Waals surface area contributed by atoms with Gasteiger partial charge in [-0.15, -0.1) is 0 Å². The van der Waals surface area contributed by atoms with E-state index in [1.807, 2.05) is 18.2 Å². The molecule has 0 saturated carbocycles. The Kier molecular flexibility index (Phi) is 8.05. The molecule has 0 amide bonds. The molecule has 0 spiro atoms. The largest absolute Gasteiger partial charge is 0.493 e.